The van der Waals surface area contributed by atoms with E-state index < -0.39 is 0 Å². The molecule has 0 amide bonds. The van der Waals surface area contributed by atoms with Crippen LogP contribution in [0.5, 0.6) is 5.75 Å². The first-order chi connectivity index (χ1) is 9.56. The average Bonchev–Trinajstić information content (AvgIpc) is 2.40. The molecular formula is C17H18O2S. The Kier molecular flexibility index (Phi) is 4.85. The van der Waals surface area contributed by atoms with E-state index >= 15 is 0 Å². The molecule has 2 aromatic rings. The van der Waals surface area contributed by atoms with E-state index in [1.807, 2.05) is 0 Å². The summed E-state index contributed by atoms with van der Waals surface area (Å²) in [6.07, 6.45) is 0. The van der Waals surface area contributed by atoms with Gasteiger partial charge in [0.1, 0.15) is 5.75 Å². The monoisotopic (exact) mass is 286 g/mol. The van der Waals surface area contributed by atoms with Crippen molar-refractivity contribution in [3.05, 3.63) is 64.7 Å². The van der Waals surface area contributed by atoms with Crippen LogP contribution in [0.15, 0.2) is 42.5 Å². The number of hydrogen-bond acceptors (Lipinski definition) is 3. The Morgan fingerprint density at radius 3 is 2.65 bits per heavy atom. The van der Waals surface area contributed by atoms with Crippen molar-refractivity contribution in [3.63, 3.8) is 0 Å². The molecule has 0 saturated carbocycles. The summed E-state index contributed by atoms with van der Waals surface area (Å²) in [7, 11) is 0. The molecule has 0 spiro atoms. The molecule has 20 heavy (non-hydrogen) atoms. The second kappa shape index (κ2) is 6.62. The van der Waals surface area contributed by atoms with E-state index in [9.17, 15) is 9.90 Å². The van der Waals surface area contributed by atoms with Gasteiger partial charge in [-0.1, -0.05) is 29.8 Å². The van der Waals surface area contributed by atoms with Crippen molar-refractivity contribution >= 4 is 17.5 Å². The van der Waals surface area contributed by atoms with Gasteiger partial charge in [0.2, 0.25) is 0 Å². The van der Waals surface area contributed by atoms with Gasteiger partial charge in [-0.05, 0) is 37.6 Å². The smallest absolute Gasteiger partial charge is 0.159 e. The number of carbonyl (C=O) groups is 1. The molecule has 2 nitrogen and oxygen atoms in total. The normalized spacial score (nSPS) is 10.5. The van der Waals surface area contributed by atoms with Gasteiger partial charge in [0.05, 0.1) is 0 Å². The number of aromatic hydroxyl groups is 1. The Hall–Kier alpha value is -1.74. The maximum atomic E-state index is 11.4. The number of ketones is 1. The largest absolute Gasteiger partial charge is 0.508 e. The highest BCUT2D eigenvalue weighted by Crippen LogP contribution is 2.25. The van der Waals surface area contributed by atoms with Crippen molar-refractivity contribution in [1.29, 1.82) is 0 Å². The number of aryl methyl sites for hydroxylation is 1. The molecule has 0 radical (unpaired) electrons. The number of carbonyl (C=O) groups excluding carboxylic acids is 1. The molecule has 0 bridgehead atoms. The molecule has 0 aliphatic heterocycles. The van der Waals surface area contributed by atoms with E-state index in [1.54, 1.807) is 30.0 Å². The Labute approximate surface area is 123 Å². The minimum atomic E-state index is 0.0231. The van der Waals surface area contributed by atoms with Crippen molar-refractivity contribution in [2.24, 2.45) is 0 Å². The third-order valence-corrected chi connectivity index (χ3v) is 4.15. The van der Waals surface area contributed by atoms with E-state index in [1.165, 1.54) is 18.1 Å². The van der Waals surface area contributed by atoms with E-state index in [0.29, 0.717) is 11.3 Å². The van der Waals surface area contributed by atoms with Gasteiger partial charge in [0, 0.05) is 22.6 Å². The summed E-state index contributed by atoms with van der Waals surface area (Å²) >= 11 is 1.73. The summed E-state index contributed by atoms with van der Waals surface area (Å²) in [4.78, 5) is 11.4. The minimum absolute atomic E-state index is 0.0231. The maximum absolute atomic E-state index is 11.4. The first-order valence-electron chi connectivity index (χ1n) is 6.52. The van der Waals surface area contributed by atoms with Crippen molar-refractivity contribution in [2.45, 2.75) is 25.4 Å². The molecule has 2 aromatic carbocycles. The van der Waals surface area contributed by atoms with Crippen molar-refractivity contribution in [2.75, 3.05) is 0 Å². The quantitative estimate of drug-likeness (QED) is 0.831. The number of phenolic OH excluding ortho intramolecular Hbond substituents is 1. The summed E-state index contributed by atoms with van der Waals surface area (Å²) in [6.45, 7) is 3.62. The van der Waals surface area contributed by atoms with Crippen molar-refractivity contribution in [3.8, 4) is 5.75 Å². The highest BCUT2D eigenvalue weighted by Gasteiger charge is 2.06. The third-order valence-electron chi connectivity index (χ3n) is 3.09. The summed E-state index contributed by atoms with van der Waals surface area (Å²) in [5.74, 6) is 1.87. The third kappa shape index (κ3) is 3.87. The Morgan fingerprint density at radius 1 is 1.15 bits per heavy atom. The first-order valence-corrected chi connectivity index (χ1v) is 7.68. The van der Waals surface area contributed by atoms with Crippen LogP contribution in [-0.4, -0.2) is 10.9 Å². The van der Waals surface area contributed by atoms with Crippen LogP contribution in [0.25, 0.3) is 0 Å². The van der Waals surface area contributed by atoms with Crippen LogP contribution in [-0.2, 0) is 11.5 Å². The lowest BCUT2D eigenvalue weighted by Crippen LogP contribution is -1.94. The highest BCUT2D eigenvalue weighted by atomic mass is 32.2. The number of Topliss-reactive ketones (excluding diaryl/α,β-unsaturated/α-hetero) is 1. The maximum Gasteiger partial charge on any atom is 0.159 e. The lowest BCUT2D eigenvalue weighted by molar-refractivity contribution is 0.101. The lowest BCUT2D eigenvalue weighted by Gasteiger charge is -2.07. The number of thioether (sulfide) groups is 1. The van der Waals surface area contributed by atoms with E-state index in [0.717, 1.165) is 11.3 Å². The molecule has 0 aromatic heterocycles. The molecule has 0 unspecified atom stereocenters. The van der Waals surface area contributed by atoms with E-state index in [-0.39, 0.29) is 11.5 Å². The van der Waals surface area contributed by atoms with Gasteiger partial charge in [-0.3, -0.25) is 4.79 Å². The number of benzene rings is 2. The lowest BCUT2D eigenvalue weighted by atomic mass is 10.1. The highest BCUT2D eigenvalue weighted by molar-refractivity contribution is 7.97. The average molecular weight is 286 g/mol. The van der Waals surface area contributed by atoms with Gasteiger partial charge in [-0.15, -0.1) is 0 Å². The first kappa shape index (κ1) is 14.7. The Balaban J connectivity index is 2.00. The minimum Gasteiger partial charge on any atom is -0.508 e. The second-order valence-corrected chi connectivity index (χ2v) is 5.87. The predicted octanol–water partition coefficient (Wildman–Crippen LogP) is 4.34. The topological polar surface area (TPSA) is 37.3 Å². The van der Waals surface area contributed by atoms with Crippen LogP contribution in [0.1, 0.15) is 34.0 Å². The van der Waals surface area contributed by atoms with Crippen molar-refractivity contribution in [1.82, 2.24) is 0 Å². The van der Waals surface area contributed by atoms with Gasteiger partial charge in [0.15, 0.2) is 5.78 Å². The molecule has 104 valence electrons. The molecule has 0 atom stereocenters. The summed E-state index contributed by atoms with van der Waals surface area (Å²) in [5, 5.41) is 9.83. The predicted molar refractivity (Wildman–Crippen MR) is 84.3 cm³/mol. The molecular weight excluding hydrogens is 268 g/mol. The fourth-order valence-electron chi connectivity index (χ4n) is 2.00. The second-order valence-electron chi connectivity index (χ2n) is 4.88. The van der Waals surface area contributed by atoms with Crippen LogP contribution >= 0.6 is 11.8 Å². The summed E-state index contributed by atoms with van der Waals surface area (Å²) in [6, 6.07) is 13.4. The van der Waals surface area contributed by atoms with Crippen LogP contribution in [0.4, 0.5) is 0 Å². The van der Waals surface area contributed by atoms with Crippen LogP contribution in [0.3, 0.4) is 0 Å². The van der Waals surface area contributed by atoms with E-state index in [2.05, 4.69) is 31.2 Å². The summed E-state index contributed by atoms with van der Waals surface area (Å²) < 4.78 is 0. The summed E-state index contributed by atoms with van der Waals surface area (Å²) in [5.41, 5.74) is 3.99. The van der Waals surface area contributed by atoms with Crippen LogP contribution in [0.2, 0.25) is 0 Å². The molecule has 0 fully saturated rings. The van der Waals surface area contributed by atoms with Gasteiger partial charge < -0.3 is 5.11 Å². The molecule has 0 aliphatic carbocycles. The zero-order valence-corrected chi connectivity index (χ0v) is 12.5. The Morgan fingerprint density at radius 2 is 1.95 bits per heavy atom. The molecule has 0 saturated heterocycles. The molecule has 1 N–H and O–H groups in total. The fraction of sp³-hybridized carbons (Fsp3) is 0.235. The van der Waals surface area contributed by atoms with Gasteiger partial charge >= 0.3 is 0 Å². The molecule has 2 rings (SSSR count). The molecule has 0 aliphatic rings. The fourth-order valence-corrected chi connectivity index (χ4v) is 2.97. The standard InChI is InChI=1S/C17H18O2S/c1-12-4-3-5-14(8-12)10-20-11-16-9-15(13(2)18)6-7-17(16)19/h3-9,19H,10-11H2,1-2H3. The number of rotatable bonds is 5. The zero-order chi connectivity index (χ0) is 14.5. The van der Waals surface area contributed by atoms with Crippen molar-refractivity contribution < 1.29 is 9.90 Å². The van der Waals surface area contributed by atoms with Gasteiger partial charge in [-0.2, -0.15) is 11.8 Å². The van der Waals surface area contributed by atoms with Gasteiger partial charge in [-0.25, -0.2) is 0 Å². The molecule has 3 heteroatoms. The SMILES string of the molecule is CC(=O)c1ccc(O)c(CSCc2cccc(C)c2)c1. The molecule has 0 heterocycles. The number of phenols is 1. The van der Waals surface area contributed by atoms with E-state index in [4.69, 9.17) is 0 Å². The zero-order valence-electron chi connectivity index (χ0n) is 11.7. The Bertz CT molecular complexity index is 620. The van der Waals surface area contributed by atoms with Gasteiger partial charge in [0.25, 0.3) is 0 Å². The van der Waals surface area contributed by atoms with Crippen LogP contribution < -0.4 is 0 Å². The van der Waals surface area contributed by atoms with Crippen LogP contribution in [0, 0.1) is 6.92 Å². The number of hydrogen-bond donors (Lipinski definition) is 1.